The highest BCUT2D eigenvalue weighted by atomic mass is 16.1. The van der Waals surface area contributed by atoms with Crippen molar-refractivity contribution in [1.82, 2.24) is 14.8 Å². The van der Waals surface area contributed by atoms with Crippen molar-refractivity contribution in [3.63, 3.8) is 0 Å². The first-order chi connectivity index (χ1) is 14.1. The van der Waals surface area contributed by atoms with Crippen molar-refractivity contribution in [2.24, 2.45) is 7.05 Å². The minimum Gasteiger partial charge on any atom is -0.288 e. The topological polar surface area (TPSA) is 47.8 Å². The zero-order chi connectivity index (χ0) is 19.7. The van der Waals surface area contributed by atoms with Crippen molar-refractivity contribution < 1.29 is 4.79 Å². The van der Waals surface area contributed by atoms with Crippen LogP contribution in [0, 0.1) is 6.92 Å². The second-order valence-electron chi connectivity index (χ2n) is 7.52. The summed E-state index contributed by atoms with van der Waals surface area (Å²) in [4.78, 5) is 18.7. The van der Waals surface area contributed by atoms with Gasteiger partial charge in [0, 0.05) is 29.1 Å². The van der Waals surface area contributed by atoms with Crippen LogP contribution in [0.5, 0.6) is 0 Å². The zero-order valence-corrected chi connectivity index (χ0v) is 16.1. The molecule has 0 spiro atoms. The fourth-order valence-corrected chi connectivity index (χ4v) is 4.64. The van der Waals surface area contributed by atoms with E-state index in [0.29, 0.717) is 11.3 Å². The van der Waals surface area contributed by atoms with Gasteiger partial charge in [-0.3, -0.25) is 9.48 Å². The van der Waals surface area contributed by atoms with Gasteiger partial charge in [0.05, 0.1) is 22.3 Å². The van der Waals surface area contributed by atoms with Crippen LogP contribution in [0.2, 0.25) is 0 Å². The van der Waals surface area contributed by atoms with Crippen molar-refractivity contribution in [1.29, 1.82) is 0 Å². The standard InChI is InChI=1S/C25H17N3O/c1-14-19-21-17-12-6-10-15-11-7-13-18(20(15)17)24(29)22(21)23(16-8-4-3-5-9-16)26-25(19)28(2)27-14/h3-13H,1-2H3. The molecule has 1 aliphatic rings. The molecule has 0 saturated heterocycles. The summed E-state index contributed by atoms with van der Waals surface area (Å²) in [5, 5.41) is 7.67. The number of rotatable bonds is 1. The lowest BCUT2D eigenvalue weighted by atomic mass is 9.80. The summed E-state index contributed by atoms with van der Waals surface area (Å²) < 4.78 is 1.81. The smallest absolute Gasteiger partial charge is 0.196 e. The van der Waals surface area contributed by atoms with Crippen LogP contribution >= 0.6 is 0 Å². The normalized spacial score (nSPS) is 12.6. The van der Waals surface area contributed by atoms with Crippen LogP contribution in [-0.2, 0) is 7.05 Å². The van der Waals surface area contributed by atoms with E-state index < -0.39 is 0 Å². The Bertz CT molecular complexity index is 1470. The van der Waals surface area contributed by atoms with E-state index in [1.165, 1.54) is 0 Å². The number of hydrogen-bond acceptors (Lipinski definition) is 3. The summed E-state index contributed by atoms with van der Waals surface area (Å²) >= 11 is 0. The predicted molar refractivity (Wildman–Crippen MR) is 115 cm³/mol. The highest BCUT2D eigenvalue weighted by Crippen LogP contribution is 2.46. The van der Waals surface area contributed by atoms with Crippen molar-refractivity contribution in [2.75, 3.05) is 0 Å². The molecule has 0 atom stereocenters. The Morgan fingerprint density at radius 1 is 0.793 bits per heavy atom. The van der Waals surface area contributed by atoms with E-state index in [1.54, 1.807) is 0 Å². The third kappa shape index (κ3) is 2.06. The van der Waals surface area contributed by atoms with E-state index in [4.69, 9.17) is 4.98 Å². The number of nitrogens with zero attached hydrogens (tertiary/aromatic N) is 3. The van der Waals surface area contributed by atoms with Crippen LogP contribution in [-0.4, -0.2) is 20.5 Å². The van der Waals surface area contributed by atoms with Gasteiger partial charge in [-0.25, -0.2) is 4.98 Å². The van der Waals surface area contributed by atoms with Crippen LogP contribution in [0.25, 0.3) is 44.2 Å². The summed E-state index contributed by atoms with van der Waals surface area (Å²) in [6.07, 6.45) is 0. The number of benzene rings is 3. The maximum atomic E-state index is 13.8. The molecule has 2 aromatic heterocycles. The quantitative estimate of drug-likeness (QED) is 0.391. The van der Waals surface area contributed by atoms with Gasteiger partial charge in [-0.2, -0.15) is 5.10 Å². The first kappa shape index (κ1) is 16.2. The maximum absolute atomic E-state index is 13.8. The number of pyridine rings is 1. The van der Waals surface area contributed by atoms with E-state index in [9.17, 15) is 4.79 Å². The average molecular weight is 375 g/mol. The fraction of sp³-hybridized carbons (Fsp3) is 0.0800. The van der Waals surface area contributed by atoms with Gasteiger partial charge >= 0.3 is 0 Å². The first-order valence-electron chi connectivity index (χ1n) is 9.64. The third-order valence-electron chi connectivity index (χ3n) is 5.84. The van der Waals surface area contributed by atoms with Crippen LogP contribution in [0.15, 0.2) is 66.7 Å². The van der Waals surface area contributed by atoms with Gasteiger partial charge in [0.1, 0.15) is 0 Å². The van der Waals surface area contributed by atoms with E-state index in [1.807, 2.05) is 61.1 Å². The molecule has 4 heteroatoms. The van der Waals surface area contributed by atoms with Crippen LogP contribution in [0.3, 0.4) is 0 Å². The Morgan fingerprint density at radius 2 is 1.52 bits per heavy atom. The molecular formula is C25H17N3O. The highest BCUT2D eigenvalue weighted by molar-refractivity contribution is 6.30. The number of carbonyl (C=O) groups excluding carboxylic acids is 1. The minimum absolute atomic E-state index is 0.0285. The molecule has 0 unspecified atom stereocenters. The Kier molecular flexibility index (Phi) is 3.13. The zero-order valence-electron chi connectivity index (χ0n) is 16.1. The van der Waals surface area contributed by atoms with Crippen molar-refractivity contribution in [3.05, 3.63) is 83.6 Å². The maximum Gasteiger partial charge on any atom is 0.196 e. The summed E-state index contributed by atoms with van der Waals surface area (Å²) in [6.45, 7) is 1.98. The molecule has 2 heterocycles. The molecule has 0 saturated carbocycles. The molecule has 29 heavy (non-hydrogen) atoms. The molecule has 4 nitrogen and oxygen atoms in total. The number of aromatic nitrogens is 3. The minimum atomic E-state index is 0.0285. The van der Waals surface area contributed by atoms with Crippen LogP contribution in [0.1, 0.15) is 21.6 Å². The highest BCUT2D eigenvalue weighted by Gasteiger charge is 2.32. The van der Waals surface area contributed by atoms with Gasteiger partial charge < -0.3 is 0 Å². The predicted octanol–water partition coefficient (Wildman–Crippen LogP) is 5.31. The van der Waals surface area contributed by atoms with Gasteiger partial charge in [0.25, 0.3) is 0 Å². The lowest BCUT2D eigenvalue weighted by Gasteiger charge is -2.23. The monoisotopic (exact) mass is 375 g/mol. The second kappa shape index (κ2) is 5.61. The molecule has 0 radical (unpaired) electrons. The molecule has 0 N–H and O–H groups in total. The van der Waals surface area contributed by atoms with Gasteiger partial charge in [0.15, 0.2) is 11.4 Å². The number of hydrogen-bond donors (Lipinski definition) is 0. The molecule has 0 amide bonds. The molecule has 0 aliphatic heterocycles. The summed E-state index contributed by atoms with van der Waals surface area (Å²) in [7, 11) is 1.91. The average Bonchev–Trinajstić information content (AvgIpc) is 3.04. The molecule has 3 aromatic carbocycles. The summed E-state index contributed by atoms with van der Waals surface area (Å²) in [5.41, 5.74) is 6.77. The summed E-state index contributed by atoms with van der Waals surface area (Å²) in [6, 6.07) is 22.1. The summed E-state index contributed by atoms with van der Waals surface area (Å²) in [5.74, 6) is 0.0285. The molecule has 138 valence electrons. The molecule has 0 fully saturated rings. The largest absolute Gasteiger partial charge is 0.288 e. The van der Waals surface area contributed by atoms with Gasteiger partial charge in [-0.05, 0) is 17.9 Å². The molecule has 6 rings (SSSR count). The van der Waals surface area contributed by atoms with Gasteiger partial charge in [0.2, 0.25) is 0 Å². The van der Waals surface area contributed by atoms with E-state index in [0.717, 1.165) is 49.8 Å². The number of ketones is 1. The van der Waals surface area contributed by atoms with Crippen LogP contribution < -0.4 is 0 Å². The van der Waals surface area contributed by atoms with E-state index in [2.05, 4.69) is 29.4 Å². The number of carbonyl (C=O) groups is 1. The first-order valence-corrected chi connectivity index (χ1v) is 9.64. The van der Waals surface area contributed by atoms with Gasteiger partial charge in [-0.1, -0.05) is 66.7 Å². The third-order valence-corrected chi connectivity index (χ3v) is 5.84. The fourth-order valence-electron chi connectivity index (χ4n) is 4.64. The lowest BCUT2D eigenvalue weighted by Crippen LogP contribution is -2.13. The lowest BCUT2D eigenvalue weighted by molar-refractivity contribution is 0.104. The number of fused-ring (bicyclic) bond motifs is 4. The Morgan fingerprint density at radius 3 is 2.28 bits per heavy atom. The Hall–Kier alpha value is -3.79. The van der Waals surface area contributed by atoms with Crippen molar-refractivity contribution in [3.8, 4) is 22.4 Å². The van der Waals surface area contributed by atoms with Gasteiger partial charge in [-0.15, -0.1) is 0 Å². The Labute approximate surface area is 167 Å². The molecule has 1 aliphatic carbocycles. The molecular weight excluding hydrogens is 358 g/mol. The second-order valence-corrected chi connectivity index (χ2v) is 7.52. The molecule has 5 aromatic rings. The van der Waals surface area contributed by atoms with E-state index in [-0.39, 0.29) is 5.78 Å². The molecule has 0 bridgehead atoms. The van der Waals surface area contributed by atoms with Crippen LogP contribution in [0.4, 0.5) is 0 Å². The Balaban J connectivity index is 1.89. The van der Waals surface area contributed by atoms with Crippen molar-refractivity contribution in [2.45, 2.75) is 6.92 Å². The SMILES string of the molecule is Cc1nn(C)c2nc(-c3ccccc3)c3c(c12)-c1cccc2cccc(c12)C3=O. The number of aryl methyl sites for hydroxylation is 2. The van der Waals surface area contributed by atoms with Crippen molar-refractivity contribution >= 4 is 27.6 Å². The van der Waals surface area contributed by atoms with E-state index >= 15 is 0 Å².